The number of ether oxygens (including phenoxy) is 3. The maximum Gasteiger partial charge on any atom is 0.586 e. The number of H-pyrrole nitrogens is 1. The average molecular weight is 581 g/mol. The molecule has 6 rings (SSSR count). The zero-order chi connectivity index (χ0) is 29.1. The number of imidazole rings is 1. The van der Waals surface area contributed by atoms with Gasteiger partial charge in [0.2, 0.25) is 5.91 Å². The van der Waals surface area contributed by atoms with E-state index >= 15 is 0 Å². The maximum absolute atomic E-state index is 14.4. The quantitative estimate of drug-likeness (QED) is 0.323. The van der Waals surface area contributed by atoms with Gasteiger partial charge in [0.15, 0.2) is 18.1 Å². The molecule has 0 atom stereocenters. The summed E-state index contributed by atoms with van der Waals surface area (Å²) in [7, 11) is 0. The van der Waals surface area contributed by atoms with E-state index in [0.29, 0.717) is 12.8 Å². The second kappa shape index (κ2) is 9.42. The van der Waals surface area contributed by atoms with Gasteiger partial charge in [-0.2, -0.15) is 18.3 Å². The van der Waals surface area contributed by atoms with Crippen molar-refractivity contribution in [2.75, 3.05) is 11.5 Å². The molecule has 0 spiro atoms. The molecule has 41 heavy (non-hydrogen) atoms. The number of aromatic amines is 1. The van der Waals surface area contributed by atoms with Gasteiger partial charge < -0.3 is 24.1 Å². The third-order valence-corrected chi connectivity index (χ3v) is 6.21. The number of carbonyl (C=O) groups is 1. The van der Waals surface area contributed by atoms with Crippen molar-refractivity contribution in [3.63, 3.8) is 0 Å². The van der Waals surface area contributed by atoms with E-state index in [1.807, 2.05) is 0 Å². The predicted octanol–water partition coefficient (Wildman–Crippen LogP) is 4.38. The topological polar surface area (TPSA) is 112 Å². The summed E-state index contributed by atoms with van der Waals surface area (Å²) < 4.78 is 93.6. The molecule has 1 N–H and O–H groups in total. The third-order valence-electron chi connectivity index (χ3n) is 6.21. The van der Waals surface area contributed by atoms with Crippen molar-refractivity contribution in [3.05, 3.63) is 58.9 Å². The summed E-state index contributed by atoms with van der Waals surface area (Å²) in [6.07, 6.45) is -6.11. The van der Waals surface area contributed by atoms with E-state index in [-0.39, 0.29) is 45.5 Å². The molecule has 2 aliphatic rings. The van der Waals surface area contributed by atoms with Gasteiger partial charge in [-0.3, -0.25) is 9.59 Å². The van der Waals surface area contributed by atoms with Gasteiger partial charge in [-0.1, -0.05) is 0 Å². The van der Waals surface area contributed by atoms with Crippen molar-refractivity contribution < 1.29 is 45.3 Å². The lowest BCUT2D eigenvalue weighted by Gasteiger charge is -2.23. The van der Waals surface area contributed by atoms with Crippen LogP contribution in [0.1, 0.15) is 12.8 Å². The molecule has 1 fully saturated rings. The number of anilines is 1. The van der Waals surface area contributed by atoms with Crippen molar-refractivity contribution in [1.29, 1.82) is 0 Å². The highest BCUT2D eigenvalue weighted by molar-refractivity contribution is 5.95. The average Bonchev–Trinajstić information content (AvgIpc) is 3.48. The minimum atomic E-state index is -4.67. The van der Waals surface area contributed by atoms with Gasteiger partial charge in [-0.15, -0.1) is 8.78 Å². The Morgan fingerprint density at radius 1 is 1.15 bits per heavy atom. The van der Waals surface area contributed by atoms with Crippen LogP contribution >= 0.6 is 0 Å². The molecule has 10 nitrogen and oxygen atoms in total. The molecule has 0 bridgehead atoms. The molecule has 1 saturated carbocycles. The lowest BCUT2D eigenvalue weighted by atomic mass is 10.1. The standard InChI is InChI=1S/C25H17F6N5O5/c26-13-5-12(6-16(7-13)39-10-24(27,28)29)20-21-22(33-11-32-21)23(38)35(34-20)9-19(37)36(14-1-2-14)15-3-4-17-18(8-15)41-25(30,31)40-17/h3-8,11,14H,1-2,9-10H2,(H,32,33). The minimum absolute atomic E-state index is 0.0122. The number of aromatic nitrogens is 4. The van der Waals surface area contributed by atoms with E-state index in [9.17, 15) is 35.9 Å². The number of rotatable bonds is 7. The first-order chi connectivity index (χ1) is 19.4. The maximum atomic E-state index is 14.4. The number of halogens is 6. The molecule has 3 heterocycles. The van der Waals surface area contributed by atoms with E-state index in [0.717, 1.165) is 22.9 Å². The first-order valence-corrected chi connectivity index (χ1v) is 12.0. The monoisotopic (exact) mass is 581 g/mol. The number of hydrogen-bond acceptors (Lipinski definition) is 7. The Morgan fingerprint density at radius 2 is 1.90 bits per heavy atom. The van der Waals surface area contributed by atoms with Gasteiger partial charge in [-0.05, 0) is 37.1 Å². The summed E-state index contributed by atoms with van der Waals surface area (Å²) in [6, 6.07) is 6.40. The summed E-state index contributed by atoms with van der Waals surface area (Å²) in [6.45, 7) is -2.28. The molecule has 1 amide bonds. The van der Waals surface area contributed by atoms with Gasteiger partial charge in [0.05, 0.1) is 6.33 Å². The van der Waals surface area contributed by atoms with Crippen LogP contribution in [-0.2, 0) is 11.3 Å². The van der Waals surface area contributed by atoms with Crippen LogP contribution < -0.4 is 24.7 Å². The fourth-order valence-corrected chi connectivity index (χ4v) is 4.41. The molecule has 0 radical (unpaired) electrons. The molecule has 1 aliphatic carbocycles. The molecule has 16 heteroatoms. The molecular formula is C25H17F6N5O5. The van der Waals surface area contributed by atoms with Gasteiger partial charge >= 0.3 is 12.5 Å². The number of amides is 1. The Balaban J connectivity index is 1.35. The van der Waals surface area contributed by atoms with Crippen molar-refractivity contribution in [3.8, 4) is 28.5 Å². The van der Waals surface area contributed by atoms with Gasteiger partial charge in [0.1, 0.15) is 34.8 Å². The fraction of sp³-hybridized carbons (Fsp3) is 0.280. The van der Waals surface area contributed by atoms with Crippen molar-refractivity contribution in [2.24, 2.45) is 0 Å². The number of alkyl halides is 5. The number of hydrogen-bond donors (Lipinski definition) is 1. The highest BCUT2D eigenvalue weighted by Crippen LogP contribution is 2.44. The first-order valence-electron chi connectivity index (χ1n) is 12.0. The Hall–Kier alpha value is -4.76. The lowest BCUT2D eigenvalue weighted by Crippen LogP contribution is -2.39. The SMILES string of the molecule is O=C(Cn1nc(-c2cc(F)cc(OCC(F)(F)F)c2)c2nc[nH]c2c1=O)N(c1ccc2c(c1)OC(F)(F)O2)C1CC1. The summed E-state index contributed by atoms with van der Waals surface area (Å²) in [5.74, 6) is -2.47. The first kappa shape index (κ1) is 26.5. The van der Waals surface area contributed by atoms with Crippen LogP contribution in [0, 0.1) is 5.82 Å². The Kier molecular flexibility index (Phi) is 6.08. The van der Waals surface area contributed by atoms with Gasteiger partial charge in [-0.25, -0.2) is 14.1 Å². The molecule has 214 valence electrons. The number of fused-ring (bicyclic) bond motifs is 2. The van der Waals surface area contributed by atoms with Crippen molar-refractivity contribution >= 4 is 22.6 Å². The molecule has 2 aromatic heterocycles. The predicted molar refractivity (Wildman–Crippen MR) is 128 cm³/mol. The minimum Gasteiger partial charge on any atom is -0.484 e. The molecule has 4 aromatic rings. The van der Waals surface area contributed by atoms with Crippen molar-refractivity contribution in [1.82, 2.24) is 19.7 Å². The molecule has 0 unspecified atom stereocenters. The fourth-order valence-electron chi connectivity index (χ4n) is 4.41. The number of benzene rings is 2. The van der Waals surface area contributed by atoms with Crippen LogP contribution in [0.25, 0.3) is 22.3 Å². The van der Waals surface area contributed by atoms with E-state index in [1.54, 1.807) is 0 Å². The second-order valence-electron chi connectivity index (χ2n) is 9.31. The van der Waals surface area contributed by atoms with E-state index in [1.165, 1.54) is 29.4 Å². The highest BCUT2D eigenvalue weighted by Gasteiger charge is 2.44. The number of carbonyl (C=O) groups excluding carboxylic acids is 1. The summed E-state index contributed by atoms with van der Waals surface area (Å²) in [4.78, 5) is 34.6. The van der Waals surface area contributed by atoms with Gasteiger partial charge in [0, 0.05) is 29.4 Å². The summed E-state index contributed by atoms with van der Waals surface area (Å²) >= 11 is 0. The van der Waals surface area contributed by atoms with Gasteiger partial charge in [0.25, 0.3) is 5.56 Å². The van der Waals surface area contributed by atoms with E-state index in [2.05, 4.69) is 29.3 Å². The van der Waals surface area contributed by atoms with Crippen LogP contribution in [-0.4, -0.2) is 50.8 Å². The Labute approximate surface area is 225 Å². The molecule has 0 saturated heterocycles. The van der Waals surface area contributed by atoms with Crippen LogP contribution in [0.3, 0.4) is 0 Å². The lowest BCUT2D eigenvalue weighted by molar-refractivity contribution is -0.286. The molecule has 2 aromatic carbocycles. The third kappa shape index (κ3) is 5.36. The molecular weight excluding hydrogens is 564 g/mol. The van der Waals surface area contributed by atoms with Crippen LogP contribution in [0.2, 0.25) is 0 Å². The van der Waals surface area contributed by atoms with Crippen LogP contribution in [0.5, 0.6) is 17.2 Å². The second-order valence-corrected chi connectivity index (χ2v) is 9.31. The highest BCUT2D eigenvalue weighted by atomic mass is 19.4. The largest absolute Gasteiger partial charge is 0.586 e. The van der Waals surface area contributed by atoms with E-state index < -0.39 is 48.7 Å². The molecule has 1 aliphatic heterocycles. The Morgan fingerprint density at radius 3 is 2.63 bits per heavy atom. The van der Waals surface area contributed by atoms with Crippen molar-refractivity contribution in [2.45, 2.75) is 37.9 Å². The summed E-state index contributed by atoms with van der Waals surface area (Å²) in [5, 5.41) is 4.19. The summed E-state index contributed by atoms with van der Waals surface area (Å²) in [5.41, 5.74) is -0.787. The van der Waals surface area contributed by atoms with Crippen LogP contribution in [0.4, 0.5) is 32.0 Å². The Bertz CT molecular complexity index is 1730. The number of nitrogens with zero attached hydrogens (tertiary/aromatic N) is 4. The number of nitrogens with one attached hydrogen (secondary N) is 1. The normalized spacial score (nSPS) is 15.8. The zero-order valence-corrected chi connectivity index (χ0v) is 20.5. The van der Waals surface area contributed by atoms with Crippen LogP contribution in [0.15, 0.2) is 47.5 Å². The zero-order valence-electron chi connectivity index (χ0n) is 20.5. The van der Waals surface area contributed by atoms with E-state index in [4.69, 9.17) is 0 Å². The smallest absolute Gasteiger partial charge is 0.484 e.